The number of primary amides is 1. The van der Waals surface area contributed by atoms with E-state index in [9.17, 15) is 14.0 Å². The molecule has 1 aromatic carbocycles. The fraction of sp³-hybridized carbons (Fsp3) is 0.143. The summed E-state index contributed by atoms with van der Waals surface area (Å²) >= 11 is 6.91. The van der Waals surface area contributed by atoms with Crippen molar-refractivity contribution in [1.29, 1.82) is 0 Å². The van der Waals surface area contributed by atoms with E-state index in [1.54, 1.807) is 19.1 Å². The summed E-state index contributed by atoms with van der Waals surface area (Å²) in [5.41, 5.74) is 4.78. The van der Waals surface area contributed by atoms with Crippen LogP contribution in [0.5, 0.6) is 5.75 Å². The molecular formula is C14H11ClFNO3S. The maximum atomic E-state index is 13.6. The Balaban J connectivity index is 2.12. The van der Waals surface area contributed by atoms with Crippen LogP contribution in [0, 0.1) is 5.82 Å². The van der Waals surface area contributed by atoms with E-state index in [2.05, 4.69) is 0 Å². The van der Waals surface area contributed by atoms with Crippen molar-refractivity contribution < 1.29 is 18.7 Å². The largest absolute Gasteiger partial charge is 0.482 e. The predicted octanol–water partition coefficient (Wildman–Crippen LogP) is 3.29. The third-order valence-electron chi connectivity index (χ3n) is 2.70. The van der Waals surface area contributed by atoms with E-state index in [1.165, 1.54) is 12.1 Å². The monoisotopic (exact) mass is 327 g/mol. The quantitative estimate of drug-likeness (QED) is 0.857. The third kappa shape index (κ3) is 3.59. The van der Waals surface area contributed by atoms with Crippen molar-refractivity contribution >= 4 is 34.6 Å². The van der Waals surface area contributed by atoms with E-state index in [4.69, 9.17) is 22.1 Å². The van der Waals surface area contributed by atoms with Gasteiger partial charge in [0.05, 0.1) is 14.8 Å². The molecule has 110 valence electrons. The van der Waals surface area contributed by atoms with Crippen molar-refractivity contribution in [3.05, 3.63) is 50.9 Å². The van der Waals surface area contributed by atoms with Crippen molar-refractivity contribution in [2.75, 3.05) is 0 Å². The summed E-state index contributed by atoms with van der Waals surface area (Å²) < 4.78 is 19.5. The van der Waals surface area contributed by atoms with Crippen molar-refractivity contribution in [3.63, 3.8) is 0 Å². The van der Waals surface area contributed by atoms with E-state index in [-0.39, 0.29) is 17.1 Å². The molecule has 1 heterocycles. The van der Waals surface area contributed by atoms with Crippen LogP contribution < -0.4 is 10.5 Å². The number of nitrogens with two attached hydrogens (primary N) is 1. The Morgan fingerprint density at radius 1 is 1.33 bits per heavy atom. The van der Waals surface area contributed by atoms with Gasteiger partial charge in [0.2, 0.25) is 5.78 Å². The molecule has 0 radical (unpaired) electrons. The average Bonchev–Trinajstić information content (AvgIpc) is 2.84. The van der Waals surface area contributed by atoms with Crippen LogP contribution in [0.1, 0.15) is 27.0 Å². The summed E-state index contributed by atoms with van der Waals surface area (Å²) in [6.07, 6.45) is -0.807. The zero-order valence-electron chi connectivity index (χ0n) is 10.9. The number of thiophene rings is 1. The molecule has 1 aromatic heterocycles. The molecule has 0 aliphatic carbocycles. The van der Waals surface area contributed by atoms with Gasteiger partial charge in [0.25, 0.3) is 5.91 Å². The second-order valence-electron chi connectivity index (χ2n) is 4.23. The maximum absolute atomic E-state index is 13.6. The van der Waals surface area contributed by atoms with Crippen molar-refractivity contribution in [2.24, 2.45) is 5.73 Å². The number of carbonyl (C=O) groups is 2. The van der Waals surface area contributed by atoms with E-state index in [1.807, 2.05) is 0 Å². The van der Waals surface area contributed by atoms with Crippen LogP contribution in [0.25, 0.3) is 0 Å². The fourth-order valence-corrected chi connectivity index (χ4v) is 2.73. The molecule has 2 N–H and O–H groups in total. The lowest BCUT2D eigenvalue weighted by atomic mass is 10.2. The van der Waals surface area contributed by atoms with Gasteiger partial charge >= 0.3 is 0 Å². The summed E-state index contributed by atoms with van der Waals surface area (Å²) in [4.78, 5) is 23.5. The number of ketones is 1. The first kappa shape index (κ1) is 15.5. The van der Waals surface area contributed by atoms with Gasteiger partial charge in [0.15, 0.2) is 6.10 Å². The number of hydrogen-bond donors (Lipinski definition) is 1. The first-order valence-electron chi connectivity index (χ1n) is 5.94. The maximum Gasteiger partial charge on any atom is 0.251 e. The SMILES string of the molecule is CC(Oc1ccc(C(N)=O)c(F)c1)C(=O)c1ccc(Cl)s1. The van der Waals surface area contributed by atoms with Gasteiger partial charge in [0.1, 0.15) is 11.6 Å². The minimum Gasteiger partial charge on any atom is -0.482 e. The summed E-state index contributed by atoms with van der Waals surface area (Å²) in [7, 11) is 0. The lowest BCUT2D eigenvalue weighted by molar-refractivity contribution is 0.0821. The number of hydrogen-bond acceptors (Lipinski definition) is 4. The van der Waals surface area contributed by atoms with Gasteiger partial charge < -0.3 is 10.5 Å². The highest BCUT2D eigenvalue weighted by molar-refractivity contribution is 7.18. The summed E-state index contributed by atoms with van der Waals surface area (Å²) in [5, 5.41) is 0. The van der Waals surface area contributed by atoms with Crippen LogP contribution in [-0.4, -0.2) is 17.8 Å². The molecule has 0 saturated heterocycles. The molecule has 7 heteroatoms. The molecule has 4 nitrogen and oxygen atoms in total. The highest BCUT2D eigenvalue weighted by Crippen LogP contribution is 2.24. The third-order valence-corrected chi connectivity index (χ3v) is 3.95. The molecule has 0 aliphatic rings. The van der Waals surface area contributed by atoms with Crippen molar-refractivity contribution in [1.82, 2.24) is 0 Å². The Morgan fingerprint density at radius 2 is 2.05 bits per heavy atom. The molecule has 1 unspecified atom stereocenters. The Hall–Kier alpha value is -1.92. The molecule has 1 amide bonds. The number of ether oxygens (including phenoxy) is 1. The summed E-state index contributed by atoms with van der Waals surface area (Å²) in [5.74, 6) is -1.78. The van der Waals surface area contributed by atoms with Crippen LogP contribution in [0.4, 0.5) is 4.39 Å². The Bertz CT molecular complexity index is 701. The Morgan fingerprint density at radius 3 is 2.57 bits per heavy atom. The Kier molecular flexibility index (Phi) is 4.59. The number of benzene rings is 1. The van der Waals surface area contributed by atoms with Crippen LogP contribution in [0.3, 0.4) is 0 Å². The predicted molar refractivity (Wildman–Crippen MR) is 78.7 cm³/mol. The smallest absolute Gasteiger partial charge is 0.251 e. The molecule has 1 atom stereocenters. The Labute approximate surface area is 129 Å². The fourth-order valence-electron chi connectivity index (χ4n) is 1.67. The molecule has 0 saturated carbocycles. The molecule has 2 aromatic rings. The minimum atomic E-state index is -0.864. The van der Waals surface area contributed by atoms with Gasteiger partial charge in [-0.1, -0.05) is 11.6 Å². The minimum absolute atomic E-state index is 0.140. The number of amides is 1. The van der Waals surface area contributed by atoms with E-state index in [0.29, 0.717) is 9.21 Å². The number of Topliss-reactive ketones (excluding diaryl/α,β-unsaturated/α-hetero) is 1. The molecule has 0 fully saturated rings. The van der Waals surface area contributed by atoms with Crippen LogP contribution in [-0.2, 0) is 0 Å². The normalized spacial score (nSPS) is 12.0. The second-order valence-corrected chi connectivity index (χ2v) is 5.95. The van der Waals surface area contributed by atoms with E-state index in [0.717, 1.165) is 17.4 Å². The van der Waals surface area contributed by atoms with Crippen LogP contribution in [0.15, 0.2) is 30.3 Å². The highest BCUT2D eigenvalue weighted by Gasteiger charge is 2.19. The van der Waals surface area contributed by atoms with Crippen molar-refractivity contribution in [3.8, 4) is 5.75 Å². The van der Waals surface area contributed by atoms with Gasteiger partial charge in [-0.3, -0.25) is 9.59 Å². The number of halogens is 2. The van der Waals surface area contributed by atoms with E-state index < -0.39 is 17.8 Å². The van der Waals surface area contributed by atoms with Crippen LogP contribution >= 0.6 is 22.9 Å². The van der Waals surface area contributed by atoms with Gasteiger partial charge in [-0.2, -0.15) is 0 Å². The first-order valence-corrected chi connectivity index (χ1v) is 7.13. The van der Waals surface area contributed by atoms with Crippen molar-refractivity contribution in [2.45, 2.75) is 13.0 Å². The molecule has 0 aliphatic heterocycles. The van der Waals surface area contributed by atoms with Gasteiger partial charge in [-0.15, -0.1) is 11.3 Å². The summed E-state index contributed by atoms with van der Waals surface area (Å²) in [6, 6.07) is 6.84. The van der Waals surface area contributed by atoms with Crippen LogP contribution in [0.2, 0.25) is 4.34 Å². The zero-order valence-corrected chi connectivity index (χ0v) is 12.5. The lowest BCUT2D eigenvalue weighted by Crippen LogP contribution is -2.23. The molecule has 0 bridgehead atoms. The number of rotatable bonds is 5. The topological polar surface area (TPSA) is 69.4 Å². The van der Waals surface area contributed by atoms with Gasteiger partial charge in [-0.05, 0) is 31.2 Å². The van der Waals surface area contributed by atoms with Gasteiger partial charge in [0, 0.05) is 6.07 Å². The zero-order chi connectivity index (χ0) is 15.6. The number of carbonyl (C=O) groups excluding carboxylic acids is 2. The lowest BCUT2D eigenvalue weighted by Gasteiger charge is -2.13. The highest BCUT2D eigenvalue weighted by atomic mass is 35.5. The molecule has 21 heavy (non-hydrogen) atoms. The first-order chi connectivity index (χ1) is 9.88. The molecule has 0 spiro atoms. The molecule has 2 rings (SSSR count). The second kappa shape index (κ2) is 6.24. The standard InChI is InChI=1S/C14H11ClFNO3S/c1-7(13(18)11-4-5-12(15)21-11)20-8-2-3-9(14(17)19)10(16)6-8/h2-7H,1H3,(H2,17,19). The van der Waals surface area contributed by atoms with Gasteiger partial charge in [-0.25, -0.2) is 4.39 Å². The summed E-state index contributed by atoms with van der Waals surface area (Å²) in [6.45, 7) is 1.55. The molecular weight excluding hydrogens is 317 g/mol. The van der Waals surface area contributed by atoms with E-state index >= 15 is 0 Å². The average molecular weight is 328 g/mol.